The van der Waals surface area contributed by atoms with E-state index in [0.717, 1.165) is 0 Å². The van der Waals surface area contributed by atoms with Crippen LogP contribution in [-0.2, 0) is 9.53 Å². The summed E-state index contributed by atoms with van der Waals surface area (Å²) in [5.41, 5.74) is 1.39. The molecule has 0 bridgehead atoms. The summed E-state index contributed by atoms with van der Waals surface area (Å²) in [5, 5.41) is 0. The van der Waals surface area contributed by atoms with Crippen LogP contribution in [0.3, 0.4) is 0 Å². The predicted molar refractivity (Wildman–Crippen MR) is 90.9 cm³/mol. The third kappa shape index (κ3) is 3.30. The molecule has 3 rings (SSSR count). The topological polar surface area (TPSA) is 79.2 Å². The van der Waals surface area contributed by atoms with Crippen LogP contribution in [0.5, 0.6) is 17.2 Å². The number of rotatable bonds is 5. The van der Waals surface area contributed by atoms with Gasteiger partial charge in [-0.1, -0.05) is 0 Å². The molecule has 2 heterocycles. The van der Waals surface area contributed by atoms with Gasteiger partial charge in [-0.3, -0.25) is 4.98 Å². The van der Waals surface area contributed by atoms with E-state index in [1.54, 1.807) is 42.7 Å². The van der Waals surface area contributed by atoms with Crippen LogP contribution < -0.4 is 14.2 Å². The fourth-order valence-corrected chi connectivity index (χ4v) is 2.33. The summed E-state index contributed by atoms with van der Waals surface area (Å²) >= 11 is 0. The van der Waals surface area contributed by atoms with E-state index < -0.39 is 5.97 Å². The summed E-state index contributed by atoms with van der Waals surface area (Å²) in [6, 6.07) is 6.89. The Bertz CT molecular complexity index is 859. The van der Waals surface area contributed by atoms with Gasteiger partial charge in [0.1, 0.15) is 5.75 Å². The number of carbonyl (C=O) groups excluding carboxylic acids is 1. The van der Waals surface area contributed by atoms with Crippen LogP contribution in [0.1, 0.15) is 11.1 Å². The first-order valence-electron chi connectivity index (χ1n) is 7.39. The number of ether oxygens (including phenoxy) is 4. The van der Waals surface area contributed by atoms with Crippen LogP contribution in [0.25, 0.3) is 6.08 Å². The molecule has 0 amide bonds. The molecular formula is C18H16N2O5. The number of carbonyl (C=O) groups is 1. The second kappa shape index (κ2) is 7.04. The summed E-state index contributed by atoms with van der Waals surface area (Å²) < 4.78 is 21.1. The lowest BCUT2D eigenvalue weighted by molar-refractivity contribution is -0.129. The van der Waals surface area contributed by atoms with E-state index in [2.05, 4.69) is 9.98 Å². The first-order valence-corrected chi connectivity index (χ1v) is 7.39. The maximum atomic E-state index is 12.1. The Morgan fingerprint density at radius 3 is 2.40 bits per heavy atom. The van der Waals surface area contributed by atoms with Crippen LogP contribution in [0.2, 0.25) is 0 Å². The van der Waals surface area contributed by atoms with Crippen molar-refractivity contribution in [2.24, 2.45) is 4.99 Å². The predicted octanol–water partition coefficient (Wildman–Crippen LogP) is 2.45. The van der Waals surface area contributed by atoms with E-state index in [-0.39, 0.29) is 11.6 Å². The van der Waals surface area contributed by atoms with Gasteiger partial charge in [-0.05, 0) is 24.3 Å². The van der Waals surface area contributed by atoms with Crippen LogP contribution in [0.4, 0.5) is 0 Å². The number of pyridine rings is 1. The maximum Gasteiger partial charge on any atom is 0.363 e. The standard InChI is InChI=1S/C18H16N2O5/c1-22-14-9-16(24-3)15(23-2)8-12(14)7-13-18(21)25-17(20-13)11-5-4-6-19-10-11/h4-10H,1-3H3/b13-7-. The highest BCUT2D eigenvalue weighted by atomic mass is 16.6. The number of esters is 1. The van der Waals surface area contributed by atoms with Gasteiger partial charge in [-0.2, -0.15) is 0 Å². The molecule has 0 saturated carbocycles. The first kappa shape index (κ1) is 16.5. The van der Waals surface area contributed by atoms with E-state index in [1.807, 2.05) is 0 Å². The highest BCUT2D eigenvalue weighted by molar-refractivity contribution is 6.12. The molecule has 0 saturated heterocycles. The molecule has 1 aromatic heterocycles. The molecule has 2 aromatic rings. The van der Waals surface area contributed by atoms with Crippen molar-refractivity contribution in [3.63, 3.8) is 0 Å². The molecule has 25 heavy (non-hydrogen) atoms. The number of cyclic esters (lactones) is 1. The van der Waals surface area contributed by atoms with Gasteiger partial charge in [-0.15, -0.1) is 0 Å². The van der Waals surface area contributed by atoms with Crippen molar-refractivity contribution in [3.8, 4) is 17.2 Å². The number of aliphatic imine (C=N–C) groups is 1. The average Bonchev–Trinajstić information content (AvgIpc) is 3.02. The molecule has 128 valence electrons. The first-order chi connectivity index (χ1) is 12.2. The lowest BCUT2D eigenvalue weighted by Crippen LogP contribution is -2.05. The number of benzene rings is 1. The Hall–Kier alpha value is -3.35. The SMILES string of the molecule is COc1cc(OC)c(OC)cc1/C=C1\N=C(c2cccnc2)OC1=O. The van der Waals surface area contributed by atoms with Gasteiger partial charge in [0.2, 0.25) is 5.90 Å². The third-order valence-electron chi connectivity index (χ3n) is 3.56. The number of methoxy groups -OCH3 is 3. The zero-order chi connectivity index (χ0) is 17.8. The van der Waals surface area contributed by atoms with E-state index in [9.17, 15) is 4.79 Å². The highest BCUT2D eigenvalue weighted by Gasteiger charge is 2.25. The van der Waals surface area contributed by atoms with Gasteiger partial charge >= 0.3 is 5.97 Å². The second-order valence-corrected chi connectivity index (χ2v) is 5.03. The number of aromatic nitrogens is 1. The van der Waals surface area contributed by atoms with Crippen molar-refractivity contribution < 1.29 is 23.7 Å². The zero-order valence-corrected chi connectivity index (χ0v) is 14.0. The largest absolute Gasteiger partial charge is 0.496 e. The Labute approximate surface area is 144 Å². The third-order valence-corrected chi connectivity index (χ3v) is 3.56. The molecule has 7 nitrogen and oxygen atoms in total. The number of hydrogen-bond donors (Lipinski definition) is 0. The van der Waals surface area contributed by atoms with E-state index in [0.29, 0.717) is 28.4 Å². The monoisotopic (exact) mass is 340 g/mol. The lowest BCUT2D eigenvalue weighted by Gasteiger charge is -2.12. The molecule has 7 heteroatoms. The van der Waals surface area contributed by atoms with Crippen molar-refractivity contribution in [2.45, 2.75) is 0 Å². The summed E-state index contributed by atoms with van der Waals surface area (Å²) in [5.74, 6) is 1.22. The van der Waals surface area contributed by atoms with Crippen LogP contribution in [0.15, 0.2) is 47.3 Å². The molecule has 0 atom stereocenters. The maximum absolute atomic E-state index is 12.1. The molecule has 0 radical (unpaired) electrons. The zero-order valence-electron chi connectivity index (χ0n) is 14.0. The lowest BCUT2D eigenvalue weighted by atomic mass is 10.1. The van der Waals surface area contributed by atoms with Crippen molar-refractivity contribution in [1.82, 2.24) is 4.98 Å². The molecule has 1 aromatic carbocycles. The normalized spacial score (nSPS) is 14.9. The van der Waals surface area contributed by atoms with Gasteiger partial charge in [-0.25, -0.2) is 9.79 Å². The Morgan fingerprint density at radius 2 is 1.76 bits per heavy atom. The molecule has 1 aliphatic rings. The van der Waals surface area contributed by atoms with E-state index in [4.69, 9.17) is 18.9 Å². The molecular weight excluding hydrogens is 324 g/mol. The van der Waals surface area contributed by atoms with Crippen LogP contribution >= 0.6 is 0 Å². The van der Waals surface area contributed by atoms with Gasteiger partial charge in [0.25, 0.3) is 0 Å². The minimum absolute atomic E-state index is 0.157. The second-order valence-electron chi connectivity index (χ2n) is 5.03. The number of hydrogen-bond acceptors (Lipinski definition) is 7. The van der Waals surface area contributed by atoms with Crippen LogP contribution in [0, 0.1) is 0 Å². The summed E-state index contributed by atoms with van der Waals surface area (Å²) in [6.45, 7) is 0. The summed E-state index contributed by atoms with van der Waals surface area (Å²) in [7, 11) is 4.60. The molecule has 1 aliphatic heterocycles. The highest BCUT2D eigenvalue weighted by Crippen LogP contribution is 2.36. The van der Waals surface area contributed by atoms with E-state index in [1.165, 1.54) is 21.3 Å². The average molecular weight is 340 g/mol. The fraction of sp³-hybridized carbons (Fsp3) is 0.167. The van der Waals surface area contributed by atoms with Crippen molar-refractivity contribution in [1.29, 1.82) is 0 Å². The van der Waals surface area contributed by atoms with E-state index >= 15 is 0 Å². The molecule has 0 unspecified atom stereocenters. The quantitative estimate of drug-likeness (QED) is 0.614. The van der Waals surface area contributed by atoms with Gasteiger partial charge in [0, 0.05) is 24.0 Å². The van der Waals surface area contributed by atoms with Gasteiger partial charge in [0.15, 0.2) is 17.2 Å². The smallest absolute Gasteiger partial charge is 0.363 e. The van der Waals surface area contributed by atoms with Crippen molar-refractivity contribution in [2.75, 3.05) is 21.3 Å². The minimum Gasteiger partial charge on any atom is -0.496 e. The van der Waals surface area contributed by atoms with Gasteiger partial charge < -0.3 is 18.9 Å². The Balaban J connectivity index is 2.02. The number of nitrogens with zero attached hydrogens (tertiary/aromatic N) is 2. The van der Waals surface area contributed by atoms with Gasteiger partial charge in [0.05, 0.1) is 26.9 Å². The van der Waals surface area contributed by atoms with Crippen molar-refractivity contribution in [3.05, 3.63) is 53.5 Å². The Morgan fingerprint density at radius 1 is 1.04 bits per heavy atom. The summed E-state index contributed by atoms with van der Waals surface area (Å²) in [6.07, 6.45) is 4.78. The van der Waals surface area contributed by atoms with Crippen molar-refractivity contribution >= 4 is 17.9 Å². The fourth-order valence-electron chi connectivity index (χ4n) is 2.33. The molecule has 0 fully saturated rings. The van der Waals surface area contributed by atoms with Crippen LogP contribution in [-0.4, -0.2) is 38.2 Å². The molecule has 0 aliphatic carbocycles. The summed E-state index contributed by atoms with van der Waals surface area (Å²) in [4.78, 5) is 20.4. The Kier molecular flexibility index (Phi) is 4.65. The molecule has 0 N–H and O–H groups in total. The molecule has 0 spiro atoms. The minimum atomic E-state index is -0.546.